The van der Waals surface area contributed by atoms with Crippen molar-refractivity contribution in [3.8, 4) is 5.75 Å². The topological polar surface area (TPSA) is 75.6 Å². The third kappa shape index (κ3) is 5.55. The highest BCUT2D eigenvalue weighted by molar-refractivity contribution is 5.47. The van der Waals surface area contributed by atoms with Crippen LogP contribution in [0.2, 0.25) is 0 Å². The number of rotatable bonds is 14. The van der Waals surface area contributed by atoms with Gasteiger partial charge in [0, 0.05) is 5.56 Å². The monoisotopic (exact) mass is 670 g/mol. The fourth-order valence-electron chi connectivity index (χ4n) is 7.75. The van der Waals surface area contributed by atoms with Gasteiger partial charge in [0.1, 0.15) is 24.1 Å². The van der Waals surface area contributed by atoms with E-state index in [1.54, 1.807) is 7.11 Å². The van der Waals surface area contributed by atoms with E-state index in [-0.39, 0.29) is 6.61 Å². The summed E-state index contributed by atoms with van der Waals surface area (Å²) in [5.41, 5.74) is 5.04. The molecule has 1 N–H and O–H groups in total. The predicted octanol–water partition coefficient (Wildman–Crippen LogP) is 7.05. The highest BCUT2D eigenvalue weighted by atomic mass is 16.8. The van der Waals surface area contributed by atoms with Gasteiger partial charge >= 0.3 is 0 Å². The smallest absolute Gasteiger partial charge is 0.226 e. The first-order chi connectivity index (χ1) is 24.5. The minimum absolute atomic E-state index is 0.296. The van der Waals surface area contributed by atoms with Crippen LogP contribution in [0.1, 0.15) is 38.9 Å². The number of aryl methyl sites for hydroxylation is 1. The lowest BCUT2D eigenvalue weighted by Gasteiger charge is -2.52. The van der Waals surface area contributed by atoms with Gasteiger partial charge in [-0.15, -0.1) is 0 Å². The van der Waals surface area contributed by atoms with E-state index in [1.165, 1.54) is 0 Å². The molecular formula is C43H42O7. The molecule has 256 valence electrons. The molecule has 6 atom stereocenters. The van der Waals surface area contributed by atoms with Gasteiger partial charge in [-0.3, -0.25) is 0 Å². The van der Waals surface area contributed by atoms with E-state index in [0.29, 0.717) is 26.2 Å². The standard InChI is InChI=1S/C43H42O7/c1-30-18-21-36(25-35(30)24-31-19-22-37(45-2)23-20-31)43-39(47-27-33-14-8-4-9-15-33)38(46-26-32-12-6-3-7-13-32)42(40(49-43)41(42,29-44)50-43)48-28-34-16-10-5-11-17-34/h3-23,25,38-40,44H,24,26-29H2,1-2H3/t38-,39?,40+,41?,42+,43?/m1/s1. The molecule has 9 rings (SSSR count). The minimum atomic E-state index is -1.36. The molecule has 0 spiro atoms. The zero-order chi connectivity index (χ0) is 34.2. The van der Waals surface area contributed by atoms with Crippen molar-refractivity contribution >= 4 is 0 Å². The van der Waals surface area contributed by atoms with Gasteiger partial charge in [-0.05, 0) is 64.9 Å². The number of aliphatic hydroxyl groups is 1. The summed E-state index contributed by atoms with van der Waals surface area (Å²) in [7, 11) is 1.67. The SMILES string of the molecule is COc1ccc(Cc2cc(C34O[C@H]5C(CO)(O3)[C@]5(OCc3ccccc3)[C@H](OCc3ccccc3)C4OCc3ccccc3)ccc2C)cc1. The van der Waals surface area contributed by atoms with Crippen molar-refractivity contribution in [1.29, 1.82) is 0 Å². The van der Waals surface area contributed by atoms with Gasteiger partial charge in [0.25, 0.3) is 0 Å². The van der Waals surface area contributed by atoms with Crippen molar-refractivity contribution in [2.24, 2.45) is 0 Å². The molecule has 1 saturated carbocycles. The average Bonchev–Trinajstić information content (AvgIpc) is 3.55. The fourth-order valence-corrected chi connectivity index (χ4v) is 7.75. The second kappa shape index (κ2) is 13.4. The number of benzene rings is 5. The molecule has 3 saturated heterocycles. The third-order valence-electron chi connectivity index (χ3n) is 10.5. The van der Waals surface area contributed by atoms with E-state index < -0.39 is 35.3 Å². The second-order valence-electron chi connectivity index (χ2n) is 13.5. The van der Waals surface area contributed by atoms with E-state index in [9.17, 15) is 5.11 Å². The normalized spacial score (nSPS) is 27.6. The van der Waals surface area contributed by atoms with Gasteiger partial charge < -0.3 is 33.5 Å². The molecule has 0 aromatic heterocycles. The van der Waals surface area contributed by atoms with Crippen LogP contribution in [0.4, 0.5) is 0 Å². The van der Waals surface area contributed by atoms with Crippen molar-refractivity contribution in [3.63, 3.8) is 0 Å². The molecule has 3 heterocycles. The lowest BCUT2D eigenvalue weighted by molar-refractivity contribution is -0.389. The lowest BCUT2D eigenvalue weighted by atomic mass is 9.84. The molecule has 3 aliphatic heterocycles. The minimum Gasteiger partial charge on any atom is -0.497 e. The van der Waals surface area contributed by atoms with Gasteiger partial charge in [0.05, 0.1) is 33.5 Å². The van der Waals surface area contributed by atoms with Gasteiger partial charge in [-0.25, -0.2) is 0 Å². The summed E-state index contributed by atoms with van der Waals surface area (Å²) in [4.78, 5) is 0. The Morgan fingerprint density at radius 3 is 1.80 bits per heavy atom. The van der Waals surface area contributed by atoms with Crippen LogP contribution < -0.4 is 4.74 Å². The molecule has 4 bridgehead atoms. The number of fused-ring (bicyclic) bond motifs is 1. The average molecular weight is 671 g/mol. The molecule has 4 aliphatic rings. The first-order valence-corrected chi connectivity index (χ1v) is 17.2. The Morgan fingerprint density at radius 1 is 0.660 bits per heavy atom. The Kier molecular flexibility index (Phi) is 8.81. The highest BCUT2D eigenvalue weighted by Gasteiger charge is 2.96. The van der Waals surface area contributed by atoms with Crippen LogP contribution >= 0.6 is 0 Å². The lowest BCUT2D eigenvalue weighted by Crippen LogP contribution is -2.67. The molecular weight excluding hydrogens is 628 g/mol. The second-order valence-corrected chi connectivity index (χ2v) is 13.5. The first kappa shape index (κ1) is 32.8. The molecule has 1 aliphatic carbocycles. The Balaban J connectivity index is 1.20. The van der Waals surface area contributed by atoms with Crippen LogP contribution in [-0.2, 0) is 55.7 Å². The number of hydrogen-bond acceptors (Lipinski definition) is 7. The van der Waals surface area contributed by atoms with Crippen molar-refractivity contribution < 1.29 is 33.5 Å². The van der Waals surface area contributed by atoms with Crippen molar-refractivity contribution in [1.82, 2.24) is 0 Å². The summed E-state index contributed by atoms with van der Waals surface area (Å²) >= 11 is 0. The maximum Gasteiger partial charge on any atom is 0.226 e. The highest BCUT2D eigenvalue weighted by Crippen LogP contribution is 2.73. The van der Waals surface area contributed by atoms with Crippen LogP contribution in [0.25, 0.3) is 0 Å². The first-order valence-electron chi connectivity index (χ1n) is 17.2. The summed E-state index contributed by atoms with van der Waals surface area (Å²) in [5.74, 6) is -0.538. The Hall–Kier alpha value is -4.34. The van der Waals surface area contributed by atoms with E-state index in [2.05, 4.69) is 31.2 Å². The summed E-state index contributed by atoms with van der Waals surface area (Å²) in [5, 5.41) is 11.2. The summed E-state index contributed by atoms with van der Waals surface area (Å²) in [6.45, 7) is 2.75. The number of methoxy groups -OCH3 is 1. The third-order valence-corrected chi connectivity index (χ3v) is 10.5. The van der Waals surface area contributed by atoms with Crippen molar-refractivity contribution in [2.45, 2.75) is 68.5 Å². The predicted molar refractivity (Wildman–Crippen MR) is 188 cm³/mol. The van der Waals surface area contributed by atoms with Crippen LogP contribution in [0.15, 0.2) is 133 Å². The fraction of sp³-hybridized carbons (Fsp3) is 0.302. The molecule has 7 nitrogen and oxygen atoms in total. The van der Waals surface area contributed by atoms with Crippen molar-refractivity contribution in [3.05, 3.63) is 172 Å². The zero-order valence-corrected chi connectivity index (χ0v) is 28.4. The largest absolute Gasteiger partial charge is 0.497 e. The van der Waals surface area contributed by atoms with E-state index in [4.69, 9.17) is 28.4 Å². The Labute approximate surface area is 293 Å². The molecule has 5 aromatic rings. The number of hydrogen-bond donors (Lipinski definition) is 1. The molecule has 4 fully saturated rings. The quantitative estimate of drug-likeness (QED) is 0.136. The van der Waals surface area contributed by atoms with Crippen LogP contribution in [0.3, 0.4) is 0 Å². The van der Waals surface area contributed by atoms with Crippen LogP contribution in [0, 0.1) is 6.92 Å². The molecule has 5 aromatic carbocycles. The molecule has 0 radical (unpaired) electrons. The summed E-state index contributed by atoms with van der Waals surface area (Å²) < 4.78 is 40.2. The zero-order valence-electron chi connectivity index (χ0n) is 28.4. The van der Waals surface area contributed by atoms with E-state index in [0.717, 1.165) is 44.7 Å². The number of ether oxygens (including phenoxy) is 6. The van der Waals surface area contributed by atoms with Crippen LogP contribution in [0.5, 0.6) is 5.75 Å². The van der Waals surface area contributed by atoms with Gasteiger partial charge in [-0.1, -0.05) is 115 Å². The maximum atomic E-state index is 11.2. The Morgan fingerprint density at radius 2 is 1.24 bits per heavy atom. The van der Waals surface area contributed by atoms with Gasteiger partial charge in [0.15, 0.2) is 11.2 Å². The Bertz CT molecular complexity index is 1900. The summed E-state index contributed by atoms with van der Waals surface area (Å²) in [6.07, 6.45) is -1.24. The molecule has 0 amide bonds. The van der Waals surface area contributed by atoms with E-state index in [1.807, 2.05) is 109 Å². The van der Waals surface area contributed by atoms with Crippen LogP contribution in [-0.4, -0.2) is 48.3 Å². The van der Waals surface area contributed by atoms with E-state index >= 15 is 0 Å². The molecule has 3 unspecified atom stereocenters. The van der Waals surface area contributed by atoms with Gasteiger partial charge in [0.2, 0.25) is 5.79 Å². The molecule has 50 heavy (non-hydrogen) atoms. The number of aliphatic hydroxyl groups excluding tert-OH is 1. The van der Waals surface area contributed by atoms with Crippen molar-refractivity contribution in [2.75, 3.05) is 13.7 Å². The summed E-state index contributed by atoms with van der Waals surface area (Å²) in [6, 6.07) is 44.6. The van der Waals surface area contributed by atoms with Gasteiger partial charge in [-0.2, -0.15) is 0 Å². The maximum absolute atomic E-state index is 11.2. The molecule has 7 heteroatoms.